The van der Waals surface area contributed by atoms with Crippen molar-refractivity contribution in [1.29, 1.82) is 0 Å². The van der Waals surface area contributed by atoms with Crippen LogP contribution in [0.1, 0.15) is 46.5 Å². The molecule has 6 N–H and O–H groups in total. The van der Waals surface area contributed by atoms with E-state index in [0.717, 1.165) is 0 Å². The highest BCUT2D eigenvalue weighted by molar-refractivity contribution is 7.98. The van der Waals surface area contributed by atoms with Crippen LogP contribution in [-0.2, 0) is 19.2 Å². The lowest BCUT2D eigenvalue weighted by Crippen LogP contribution is -2.60. The van der Waals surface area contributed by atoms with Crippen LogP contribution in [0.4, 0.5) is 0 Å². The molecule has 1 saturated heterocycles. The molecule has 0 aromatic heterocycles. The number of amides is 3. The number of carboxylic acid groups (broad SMARTS) is 1. The summed E-state index contributed by atoms with van der Waals surface area (Å²) in [5.41, 5.74) is 5.86. The van der Waals surface area contributed by atoms with Gasteiger partial charge in [-0.3, -0.25) is 14.4 Å². The number of carboxylic acids is 1. The average molecular weight is 461 g/mol. The van der Waals surface area contributed by atoms with Gasteiger partial charge in [0.15, 0.2) is 0 Å². The number of carbonyl (C=O) groups is 4. The maximum absolute atomic E-state index is 13.0. The molecule has 1 rings (SSSR count). The summed E-state index contributed by atoms with van der Waals surface area (Å²) in [7, 11) is 0. The van der Waals surface area contributed by atoms with E-state index in [4.69, 9.17) is 5.73 Å². The van der Waals surface area contributed by atoms with E-state index in [1.54, 1.807) is 0 Å². The molecule has 1 aliphatic heterocycles. The lowest BCUT2D eigenvalue weighted by Gasteiger charge is -2.29. The Bertz CT molecular complexity index is 645. The summed E-state index contributed by atoms with van der Waals surface area (Å²) in [6, 6.07) is -3.99. The Balaban J connectivity index is 2.92. The van der Waals surface area contributed by atoms with Gasteiger partial charge in [-0.15, -0.1) is 0 Å². The third-order valence-electron chi connectivity index (χ3n) is 5.17. The van der Waals surface area contributed by atoms with E-state index in [2.05, 4.69) is 10.6 Å². The number of hydrogen-bond donors (Lipinski definition) is 5. The van der Waals surface area contributed by atoms with E-state index in [-0.39, 0.29) is 5.92 Å². The Hall–Kier alpha value is -1.85. The number of rotatable bonds is 12. The van der Waals surface area contributed by atoms with Gasteiger partial charge in [-0.05, 0) is 50.5 Å². The largest absolute Gasteiger partial charge is 0.480 e. The minimum absolute atomic E-state index is 0.177. The van der Waals surface area contributed by atoms with Gasteiger partial charge >= 0.3 is 5.97 Å². The highest BCUT2D eigenvalue weighted by Gasteiger charge is 2.38. The number of hydrogen-bond acceptors (Lipinski definition) is 7. The molecule has 31 heavy (non-hydrogen) atoms. The molecule has 1 heterocycles. The summed E-state index contributed by atoms with van der Waals surface area (Å²) in [5, 5.41) is 24.5. The Labute approximate surface area is 187 Å². The van der Waals surface area contributed by atoms with Gasteiger partial charge < -0.3 is 31.5 Å². The maximum atomic E-state index is 13.0. The number of likely N-dealkylation sites (tertiary alicyclic amines) is 1. The molecule has 0 bridgehead atoms. The SMILES string of the molecule is CSCCC(NC(=O)C(NC(=O)C(N)CC(C)C)C(C)O)C(=O)N1CCCC1C(=O)O. The standard InChI is InChI=1S/C20H36N4O6S/c1-11(2)10-13(21)17(26)23-16(12(3)25)18(27)22-14(7-9-31-4)19(28)24-8-5-6-15(24)20(29)30/h11-16,25H,5-10,21H2,1-4H3,(H,22,27)(H,23,26)(H,29,30). The highest BCUT2D eigenvalue weighted by Crippen LogP contribution is 2.20. The summed E-state index contributed by atoms with van der Waals surface area (Å²) in [5.74, 6) is -2.09. The van der Waals surface area contributed by atoms with Crippen molar-refractivity contribution < 1.29 is 29.4 Å². The number of nitrogens with zero attached hydrogens (tertiary/aromatic N) is 1. The van der Waals surface area contributed by atoms with Crippen LogP contribution in [-0.4, -0.2) is 87.6 Å². The molecular formula is C20H36N4O6S. The van der Waals surface area contributed by atoms with Crippen LogP contribution in [0.15, 0.2) is 0 Å². The van der Waals surface area contributed by atoms with E-state index in [1.165, 1.54) is 23.6 Å². The van der Waals surface area contributed by atoms with Crippen molar-refractivity contribution in [2.24, 2.45) is 11.7 Å². The lowest BCUT2D eigenvalue weighted by atomic mass is 10.0. The Kier molecular flexibility index (Phi) is 11.3. The van der Waals surface area contributed by atoms with Gasteiger partial charge in [0.1, 0.15) is 18.1 Å². The second-order valence-electron chi connectivity index (χ2n) is 8.33. The minimum Gasteiger partial charge on any atom is -0.480 e. The van der Waals surface area contributed by atoms with Crippen LogP contribution in [0.5, 0.6) is 0 Å². The highest BCUT2D eigenvalue weighted by atomic mass is 32.2. The molecular weight excluding hydrogens is 424 g/mol. The molecule has 0 aromatic rings. The predicted octanol–water partition coefficient (Wildman–Crippen LogP) is -0.461. The Morgan fingerprint density at radius 2 is 1.81 bits per heavy atom. The lowest BCUT2D eigenvalue weighted by molar-refractivity contribution is -0.149. The summed E-state index contributed by atoms with van der Waals surface area (Å²) in [6.07, 6.45) is 2.29. The molecule has 0 aliphatic carbocycles. The molecule has 1 aliphatic rings. The zero-order valence-electron chi connectivity index (χ0n) is 18.7. The third-order valence-corrected chi connectivity index (χ3v) is 5.81. The molecule has 3 amide bonds. The Morgan fingerprint density at radius 3 is 2.32 bits per heavy atom. The molecule has 178 valence electrons. The van der Waals surface area contributed by atoms with E-state index in [0.29, 0.717) is 38.0 Å². The second-order valence-corrected chi connectivity index (χ2v) is 9.32. The number of nitrogens with one attached hydrogen (secondary N) is 2. The van der Waals surface area contributed by atoms with E-state index < -0.39 is 54.0 Å². The van der Waals surface area contributed by atoms with Crippen molar-refractivity contribution in [2.45, 2.75) is 76.7 Å². The fourth-order valence-electron chi connectivity index (χ4n) is 3.52. The number of aliphatic hydroxyl groups is 1. The van der Waals surface area contributed by atoms with Gasteiger partial charge in [0.05, 0.1) is 12.1 Å². The summed E-state index contributed by atoms with van der Waals surface area (Å²) >= 11 is 1.48. The van der Waals surface area contributed by atoms with Gasteiger partial charge in [0, 0.05) is 6.54 Å². The van der Waals surface area contributed by atoms with Crippen LogP contribution in [0.2, 0.25) is 0 Å². The molecule has 1 fully saturated rings. The van der Waals surface area contributed by atoms with Gasteiger partial charge in [-0.1, -0.05) is 13.8 Å². The first-order valence-corrected chi connectivity index (χ1v) is 12.0. The zero-order chi connectivity index (χ0) is 23.7. The van der Waals surface area contributed by atoms with Crippen molar-refractivity contribution in [2.75, 3.05) is 18.6 Å². The van der Waals surface area contributed by atoms with Crippen molar-refractivity contribution >= 4 is 35.5 Å². The van der Waals surface area contributed by atoms with Crippen molar-refractivity contribution in [1.82, 2.24) is 15.5 Å². The van der Waals surface area contributed by atoms with Crippen LogP contribution in [0.3, 0.4) is 0 Å². The predicted molar refractivity (Wildman–Crippen MR) is 118 cm³/mol. The Morgan fingerprint density at radius 1 is 1.16 bits per heavy atom. The van der Waals surface area contributed by atoms with Crippen LogP contribution in [0.25, 0.3) is 0 Å². The minimum atomic E-state index is -1.29. The van der Waals surface area contributed by atoms with Crippen molar-refractivity contribution in [3.05, 3.63) is 0 Å². The molecule has 0 aromatic carbocycles. The van der Waals surface area contributed by atoms with Gasteiger partial charge in [-0.25, -0.2) is 4.79 Å². The first-order chi connectivity index (χ1) is 14.5. The zero-order valence-corrected chi connectivity index (χ0v) is 19.5. The first kappa shape index (κ1) is 27.2. The molecule has 10 nitrogen and oxygen atoms in total. The van der Waals surface area contributed by atoms with E-state index in [9.17, 15) is 29.4 Å². The summed E-state index contributed by atoms with van der Waals surface area (Å²) in [4.78, 5) is 50.9. The van der Waals surface area contributed by atoms with Crippen molar-refractivity contribution in [3.63, 3.8) is 0 Å². The van der Waals surface area contributed by atoms with Crippen LogP contribution >= 0.6 is 11.8 Å². The van der Waals surface area contributed by atoms with E-state index in [1.807, 2.05) is 20.1 Å². The molecule has 5 atom stereocenters. The van der Waals surface area contributed by atoms with Gasteiger partial charge in [-0.2, -0.15) is 11.8 Å². The molecule has 0 saturated carbocycles. The van der Waals surface area contributed by atoms with Gasteiger partial charge in [0.2, 0.25) is 17.7 Å². The summed E-state index contributed by atoms with van der Waals surface area (Å²) in [6.45, 7) is 5.49. The maximum Gasteiger partial charge on any atom is 0.326 e. The third kappa shape index (κ3) is 8.30. The number of carbonyl (C=O) groups excluding carboxylic acids is 3. The molecule has 0 spiro atoms. The second kappa shape index (κ2) is 12.9. The molecule has 5 unspecified atom stereocenters. The summed E-state index contributed by atoms with van der Waals surface area (Å²) < 4.78 is 0. The number of thioether (sulfide) groups is 1. The smallest absolute Gasteiger partial charge is 0.326 e. The van der Waals surface area contributed by atoms with Crippen LogP contribution in [0, 0.1) is 5.92 Å². The quantitative estimate of drug-likeness (QED) is 0.261. The van der Waals surface area contributed by atoms with E-state index >= 15 is 0 Å². The van der Waals surface area contributed by atoms with Crippen LogP contribution < -0.4 is 16.4 Å². The average Bonchev–Trinajstić information content (AvgIpc) is 3.17. The number of nitrogens with two attached hydrogens (primary N) is 1. The topological polar surface area (TPSA) is 162 Å². The van der Waals surface area contributed by atoms with Gasteiger partial charge in [0.25, 0.3) is 0 Å². The monoisotopic (exact) mass is 460 g/mol. The molecule has 11 heteroatoms. The number of aliphatic carboxylic acids is 1. The fourth-order valence-corrected chi connectivity index (χ4v) is 3.99. The molecule has 0 radical (unpaired) electrons. The van der Waals surface area contributed by atoms with Crippen molar-refractivity contribution in [3.8, 4) is 0 Å². The first-order valence-electron chi connectivity index (χ1n) is 10.6. The fraction of sp³-hybridized carbons (Fsp3) is 0.800. The number of aliphatic hydroxyl groups excluding tert-OH is 1. The normalized spacial score (nSPS) is 20.1.